The molecule has 2 fully saturated rings. The van der Waals surface area contributed by atoms with Gasteiger partial charge in [0.25, 0.3) is 0 Å². The average molecular weight is 871 g/mol. The summed E-state index contributed by atoms with van der Waals surface area (Å²) in [6.45, 7) is 10.0. The first-order chi connectivity index (χ1) is 32.6. The fourth-order valence-corrected chi connectivity index (χ4v) is 13.8. The summed E-state index contributed by atoms with van der Waals surface area (Å²) in [7, 11) is 0. The summed E-state index contributed by atoms with van der Waals surface area (Å²) in [5, 5.41) is 0. The van der Waals surface area contributed by atoms with E-state index < -0.39 is 0 Å². The summed E-state index contributed by atoms with van der Waals surface area (Å²) in [5.74, 6) is 0. The van der Waals surface area contributed by atoms with Crippen molar-refractivity contribution in [2.75, 3.05) is 9.80 Å². The van der Waals surface area contributed by atoms with Gasteiger partial charge in [-0.25, -0.2) is 9.97 Å². The molecule has 67 heavy (non-hydrogen) atoms. The lowest BCUT2D eigenvalue weighted by atomic mass is 9.61. The summed E-state index contributed by atoms with van der Waals surface area (Å²) in [5.41, 5.74) is 22.3. The molecule has 4 unspecified atom stereocenters. The molecule has 4 heteroatoms. The van der Waals surface area contributed by atoms with Gasteiger partial charge in [-0.05, 0) is 164 Å². The number of hydrogen-bond donors (Lipinski definition) is 0. The van der Waals surface area contributed by atoms with Crippen LogP contribution in [0, 0.1) is 0 Å². The molecule has 0 amide bonds. The van der Waals surface area contributed by atoms with Gasteiger partial charge in [-0.3, -0.25) is 0 Å². The van der Waals surface area contributed by atoms with E-state index in [9.17, 15) is 0 Å². The van der Waals surface area contributed by atoms with Crippen LogP contribution in [0.2, 0.25) is 0 Å². The van der Waals surface area contributed by atoms with Crippen LogP contribution in [-0.4, -0.2) is 21.0 Å². The number of pyridine rings is 2. The standard InChI is InChI=1S/C63H58N4/c1-60-33-11-13-35-62(60,3)66(48-17-7-5-8-18-48)58-31-29-46(40-52(58)60)56-23-15-21-54(64-56)44-27-25-42-37-43-26-28-45(39-51(43)50(42)38-44)55-22-16-24-57(65-55)47-30-32-59-53(41-47)61(2)34-12-14-36-63(61,4)67(59)49-19-9-6-10-20-49/h5-10,15-32,38-41H,11-14,33-37H2,1-4H3. The Morgan fingerprint density at radius 3 is 1.16 bits per heavy atom. The van der Waals surface area contributed by atoms with Crippen LogP contribution in [0.25, 0.3) is 56.2 Å². The van der Waals surface area contributed by atoms with Crippen molar-refractivity contribution in [3.8, 4) is 56.2 Å². The van der Waals surface area contributed by atoms with Crippen LogP contribution in [0.5, 0.6) is 0 Å². The van der Waals surface area contributed by atoms with Crippen molar-refractivity contribution in [3.63, 3.8) is 0 Å². The molecule has 2 saturated carbocycles. The molecule has 13 rings (SSSR count). The second-order valence-electron chi connectivity index (χ2n) is 21.2. The van der Waals surface area contributed by atoms with Gasteiger partial charge in [0.05, 0.1) is 33.9 Å². The lowest BCUT2D eigenvalue weighted by Gasteiger charge is -2.50. The minimum Gasteiger partial charge on any atom is -0.334 e. The summed E-state index contributed by atoms with van der Waals surface area (Å²) in [6.07, 6.45) is 10.8. The first kappa shape index (κ1) is 40.5. The van der Waals surface area contributed by atoms with E-state index in [4.69, 9.17) is 9.97 Å². The van der Waals surface area contributed by atoms with E-state index in [0.717, 1.165) is 40.3 Å². The number of anilines is 4. The van der Waals surface area contributed by atoms with Gasteiger partial charge in [-0.2, -0.15) is 0 Å². The Balaban J connectivity index is 0.816. The van der Waals surface area contributed by atoms with Gasteiger partial charge in [0.1, 0.15) is 0 Å². The van der Waals surface area contributed by atoms with Crippen LogP contribution in [-0.2, 0) is 17.3 Å². The van der Waals surface area contributed by atoms with Gasteiger partial charge in [0, 0.05) is 55.8 Å². The van der Waals surface area contributed by atoms with E-state index in [2.05, 4.69) is 207 Å². The molecule has 0 bridgehead atoms. The minimum absolute atomic E-state index is 0.0202. The Morgan fingerprint density at radius 2 is 0.746 bits per heavy atom. The maximum atomic E-state index is 5.39. The predicted molar refractivity (Wildman–Crippen MR) is 278 cm³/mol. The van der Waals surface area contributed by atoms with Crippen molar-refractivity contribution in [1.82, 2.24) is 9.97 Å². The molecule has 0 N–H and O–H groups in total. The number of rotatable bonds is 6. The second kappa shape index (κ2) is 14.9. The van der Waals surface area contributed by atoms with Gasteiger partial charge >= 0.3 is 0 Å². The maximum absolute atomic E-state index is 5.39. The first-order valence-corrected chi connectivity index (χ1v) is 24.9. The Bertz CT molecular complexity index is 3050. The van der Waals surface area contributed by atoms with Crippen LogP contribution >= 0.6 is 0 Å². The van der Waals surface area contributed by atoms with Crippen LogP contribution in [0.4, 0.5) is 22.7 Å². The van der Waals surface area contributed by atoms with Gasteiger partial charge in [0.15, 0.2) is 0 Å². The van der Waals surface area contributed by atoms with Crippen molar-refractivity contribution in [2.45, 2.75) is 107 Å². The van der Waals surface area contributed by atoms with E-state index in [1.807, 2.05) is 0 Å². The highest BCUT2D eigenvalue weighted by Gasteiger charge is 2.59. The number of fused-ring (bicyclic) bond motifs is 9. The molecule has 0 spiro atoms. The average Bonchev–Trinajstić information content (AvgIpc) is 3.92. The van der Waals surface area contributed by atoms with Crippen molar-refractivity contribution in [3.05, 3.63) is 192 Å². The van der Waals surface area contributed by atoms with Crippen LogP contribution in [0.15, 0.2) is 170 Å². The molecular weight excluding hydrogens is 813 g/mol. The highest BCUT2D eigenvalue weighted by atomic mass is 15.3. The zero-order chi connectivity index (χ0) is 45.1. The third kappa shape index (κ3) is 5.90. The monoisotopic (exact) mass is 870 g/mol. The summed E-state index contributed by atoms with van der Waals surface area (Å²) in [4.78, 5) is 16.1. The topological polar surface area (TPSA) is 32.3 Å². The number of para-hydroxylation sites is 2. The number of benzene rings is 6. The quantitative estimate of drug-likeness (QED) is 0.167. The van der Waals surface area contributed by atoms with Crippen molar-refractivity contribution in [2.24, 2.45) is 0 Å². The second-order valence-corrected chi connectivity index (χ2v) is 21.2. The van der Waals surface area contributed by atoms with Gasteiger partial charge in [-0.1, -0.05) is 124 Å². The van der Waals surface area contributed by atoms with E-state index >= 15 is 0 Å². The third-order valence-corrected chi connectivity index (χ3v) is 17.8. The summed E-state index contributed by atoms with van der Waals surface area (Å²) in [6, 6.07) is 63.3. The lowest BCUT2D eigenvalue weighted by Crippen LogP contribution is -2.54. The Hall–Kier alpha value is -6.78. The molecule has 4 atom stereocenters. The highest BCUT2D eigenvalue weighted by molar-refractivity contribution is 5.86. The zero-order valence-electron chi connectivity index (χ0n) is 39.3. The van der Waals surface area contributed by atoms with Crippen molar-refractivity contribution < 1.29 is 0 Å². The Kier molecular flexibility index (Phi) is 8.98. The Morgan fingerprint density at radius 1 is 0.373 bits per heavy atom. The van der Waals surface area contributed by atoms with E-state index in [1.54, 1.807) is 0 Å². The van der Waals surface area contributed by atoms with Crippen molar-refractivity contribution >= 4 is 22.7 Å². The predicted octanol–water partition coefficient (Wildman–Crippen LogP) is 16.2. The fraction of sp³-hybridized carbons (Fsp3) is 0.270. The number of aromatic nitrogens is 2. The molecular formula is C63H58N4. The molecule has 330 valence electrons. The summed E-state index contributed by atoms with van der Waals surface area (Å²) >= 11 is 0. The van der Waals surface area contributed by atoms with Crippen molar-refractivity contribution in [1.29, 1.82) is 0 Å². The van der Waals surface area contributed by atoms with Crippen LogP contribution < -0.4 is 9.80 Å². The molecule has 3 aliphatic carbocycles. The smallest absolute Gasteiger partial charge is 0.0709 e. The number of nitrogens with zero attached hydrogens (tertiary/aromatic N) is 4. The molecule has 5 aliphatic rings. The van der Waals surface area contributed by atoms with Gasteiger partial charge < -0.3 is 9.80 Å². The molecule has 0 saturated heterocycles. The zero-order valence-corrected chi connectivity index (χ0v) is 39.3. The first-order valence-electron chi connectivity index (χ1n) is 24.9. The van der Waals surface area contributed by atoms with E-state index in [-0.39, 0.29) is 21.9 Å². The summed E-state index contributed by atoms with van der Waals surface area (Å²) < 4.78 is 0. The minimum atomic E-state index is 0.0202. The molecule has 2 aliphatic heterocycles. The largest absolute Gasteiger partial charge is 0.334 e. The maximum Gasteiger partial charge on any atom is 0.0709 e. The van der Waals surface area contributed by atoms with E-state index in [1.165, 1.54) is 119 Å². The van der Waals surface area contributed by atoms with Crippen LogP contribution in [0.1, 0.15) is 101 Å². The third-order valence-electron chi connectivity index (χ3n) is 17.8. The van der Waals surface area contributed by atoms with Gasteiger partial charge in [0.2, 0.25) is 0 Å². The molecule has 4 heterocycles. The van der Waals surface area contributed by atoms with Gasteiger partial charge in [-0.15, -0.1) is 0 Å². The SMILES string of the molecule is CC12CCCCC1(C)N(c1ccccc1)c1ccc(-c3cccc(-c4ccc5c(c4)-c4cc(-c6cccc(-c7ccc8c(c7)C7(C)CCCCC7(C)N8c7ccccc7)n6)ccc4C5)n3)cc12. The van der Waals surface area contributed by atoms with Crippen LogP contribution in [0.3, 0.4) is 0 Å². The molecule has 2 aromatic heterocycles. The molecule has 6 aromatic carbocycles. The number of hydrogen-bond acceptors (Lipinski definition) is 4. The Labute approximate surface area is 396 Å². The fourth-order valence-electron chi connectivity index (χ4n) is 13.8. The lowest BCUT2D eigenvalue weighted by molar-refractivity contribution is 0.195. The normalized spacial score (nSPS) is 24.4. The molecule has 4 nitrogen and oxygen atoms in total. The highest BCUT2D eigenvalue weighted by Crippen LogP contribution is 2.63. The molecule has 8 aromatic rings. The molecule has 0 radical (unpaired) electrons. The van der Waals surface area contributed by atoms with E-state index in [0.29, 0.717) is 0 Å².